The maximum absolute atomic E-state index is 12.0. The van der Waals surface area contributed by atoms with Gasteiger partial charge < -0.3 is 4.90 Å². The van der Waals surface area contributed by atoms with E-state index in [-0.39, 0.29) is 0 Å². The average Bonchev–Trinajstić information content (AvgIpc) is 2.15. The Morgan fingerprint density at radius 3 is 2.87 bits per heavy atom. The van der Waals surface area contributed by atoms with Crippen molar-refractivity contribution in [2.24, 2.45) is 0 Å². The highest BCUT2D eigenvalue weighted by Gasteiger charge is 2.15. The monoisotopic (exact) mass is 278 g/mol. The van der Waals surface area contributed by atoms with Crippen molar-refractivity contribution < 1.29 is 13.6 Å². The lowest BCUT2D eigenvalue weighted by molar-refractivity contribution is 0.0620. The summed E-state index contributed by atoms with van der Waals surface area (Å²) in [5.74, 6) is -0.446. The Morgan fingerprint density at radius 1 is 1.67 bits per heavy atom. The summed E-state index contributed by atoms with van der Waals surface area (Å²) in [6.45, 7) is -0.571. The molecular weight excluding hydrogens is 270 g/mol. The number of hydrogen-bond acceptors (Lipinski definition) is 2. The molecule has 1 amide bonds. The van der Waals surface area contributed by atoms with Gasteiger partial charge in [0, 0.05) is 18.8 Å². The van der Waals surface area contributed by atoms with Crippen LogP contribution in [0.2, 0.25) is 0 Å². The van der Waals surface area contributed by atoms with Crippen LogP contribution < -0.4 is 0 Å². The van der Waals surface area contributed by atoms with Gasteiger partial charge in [-0.2, -0.15) is 0 Å². The molecule has 82 valence electrons. The van der Waals surface area contributed by atoms with Gasteiger partial charge in [-0.25, -0.2) is 13.8 Å². The number of carbonyl (C=O) groups is 1. The molecule has 3 nitrogen and oxygen atoms in total. The average molecular weight is 279 g/mol. The predicted octanol–water partition coefficient (Wildman–Crippen LogP) is 2.18. The van der Waals surface area contributed by atoms with Crippen molar-refractivity contribution in [2.45, 2.75) is 6.43 Å². The molecule has 1 aromatic rings. The number of rotatable bonds is 3. The van der Waals surface area contributed by atoms with E-state index in [1.165, 1.54) is 25.4 Å². The summed E-state index contributed by atoms with van der Waals surface area (Å²) in [4.78, 5) is 16.4. The molecule has 0 atom stereocenters. The number of nitrogens with zero attached hydrogens (tertiary/aromatic N) is 2. The van der Waals surface area contributed by atoms with Gasteiger partial charge in [-0.1, -0.05) is 0 Å². The van der Waals surface area contributed by atoms with Crippen molar-refractivity contribution in [2.75, 3.05) is 13.6 Å². The Labute approximate surface area is 94.2 Å². The number of carbonyl (C=O) groups excluding carboxylic acids is 1. The van der Waals surface area contributed by atoms with Crippen LogP contribution in [0.1, 0.15) is 10.4 Å². The summed E-state index contributed by atoms with van der Waals surface area (Å²) < 4.78 is 24.5. The molecule has 0 aliphatic rings. The lowest BCUT2D eigenvalue weighted by atomic mass is 10.2. The maximum atomic E-state index is 12.0. The fourth-order valence-corrected chi connectivity index (χ4v) is 1.41. The number of aromatic nitrogens is 1. The number of halogens is 3. The summed E-state index contributed by atoms with van der Waals surface area (Å²) in [7, 11) is 1.34. The lowest BCUT2D eigenvalue weighted by Gasteiger charge is -2.16. The van der Waals surface area contributed by atoms with Gasteiger partial charge in [0.2, 0.25) is 0 Å². The Bertz CT molecular complexity index is 360. The fraction of sp³-hybridized carbons (Fsp3) is 0.333. The van der Waals surface area contributed by atoms with Crippen LogP contribution in [0.5, 0.6) is 0 Å². The van der Waals surface area contributed by atoms with Gasteiger partial charge in [0.1, 0.15) is 4.60 Å². The molecular formula is C9H9BrF2N2O. The highest BCUT2D eigenvalue weighted by atomic mass is 79.9. The number of hydrogen-bond donors (Lipinski definition) is 0. The zero-order valence-electron chi connectivity index (χ0n) is 7.95. The largest absolute Gasteiger partial charge is 0.336 e. The highest BCUT2D eigenvalue weighted by Crippen LogP contribution is 2.10. The number of pyridine rings is 1. The zero-order chi connectivity index (χ0) is 11.4. The maximum Gasteiger partial charge on any atom is 0.255 e. The molecule has 0 radical (unpaired) electrons. The van der Waals surface area contributed by atoms with Crippen molar-refractivity contribution in [3.8, 4) is 0 Å². The van der Waals surface area contributed by atoms with Gasteiger partial charge >= 0.3 is 0 Å². The molecule has 0 aromatic carbocycles. The van der Waals surface area contributed by atoms with Crippen LogP contribution in [-0.4, -0.2) is 35.8 Å². The summed E-state index contributed by atoms with van der Waals surface area (Å²) in [6, 6.07) is 2.97. The molecule has 0 spiro atoms. The molecule has 0 N–H and O–H groups in total. The van der Waals surface area contributed by atoms with Gasteiger partial charge in [0.25, 0.3) is 12.3 Å². The second-order valence-corrected chi connectivity index (χ2v) is 3.76. The molecule has 1 rings (SSSR count). The van der Waals surface area contributed by atoms with E-state index in [0.717, 1.165) is 4.90 Å². The number of alkyl halides is 2. The molecule has 15 heavy (non-hydrogen) atoms. The van der Waals surface area contributed by atoms with Crippen LogP contribution in [0, 0.1) is 0 Å². The van der Waals surface area contributed by atoms with Gasteiger partial charge in [-0.15, -0.1) is 0 Å². The van der Waals surface area contributed by atoms with Crippen LogP contribution in [-0.2, 0) is 0 Å². The number of amides is 1. The molecule has 0 fully saturated rings. The predicted molar refractivity (Wildman–Crippen MR) is 54.9 cm³/mol. The lowest BCUT2D eigenvalue weighted by Crippen LogP contribution is -2.31. The molecule has 0 aliphatic heterocycles. The quantitative estimate of drug-likeness (QED) is 0.794. The van der Waals surface area contributed by atoms with Gasteiger partial charge in [-0.05, 0) is 28.1 Å². The van der Waals surface area contributed by atoms with E-state index in [0.29, 0.717) is 10.2 Å². The second kappa shape index (κ2) is 5.16. The summed E-state index contributed by atoms with van der Waals surface area (Å²) in [6.07, 6.45) is -1.09. The molecule has 1 aromatic heterocycles. The van der Waals surface area contributed by atoms with Crippen molar-refractivity contribution in [1.29, 1.82) is 0 Å². The normalized spacial score (nSPS) is 10.5. The van der Waals surface area contributed by atoms with E-state index < -0.39 is 18.9 Å². The van der Waals surface area contributed by atoms with Crippen molar-refractivity contribution >= 4 is 21.8 Å². The van der Waals surface area contributed by atoms with Crippen LogP contribution in [0.3, 0.4) is 0 Å². The molecule has 0 bridgehead atoms. The van der Waals surface area contributed by atoms with Gasteiger partial charge in [-0.3, -0.25) is 4.79 Å². The minimum atomic E-state index is -2.52. The first-order valence-electron chi connectivity index (χ1n) is 4.16. The molecule has 6 heteroatoms. The van der Waals surface area contributed by atoms with E-state index in [1.807, 2.05) is 0 Å². The Balaban J connectivity index is 2.76. The van der Waals surface area contributed by atoms with Crippen LogP contribution >= 0.6 is 15.9 Å². The topological polar surface area (TPSA) is 33.2 Å². The first-order chi connectivity index (χ1) is 7.00. The Kier molecular flexibility index (Phi) is 4.14. The summed E-state index contributed by atoms with van der Waals surface area (Å²) in [5.41, 5.74) is 0.333. The molecule has 0 saturated carbocycles. The Morgan fingerprint density at radius 2 is 2.33 bits per heavy atom. The molecule has 0 saturated heterocycles. The smallest absolute Gasteiger partial charge is 0.255 e. The van der Waals surface area contributed by atoms with Crippen molar-refractivity contribution in [3.63, 3.8) is 0 Å². The van der Waals surface area contributed by atoms with E-state index >= 15 is 0 Å². The van der Waals surface area contributed by atoms with E-state index in [2.05, 4.69) is 20.9 Å². The first kappa shape index (κ1) is 12.0. The van der Waals surface area contributed by atoms with Crippen LogP contribution in [0.15, 0.2) is 22.9 Å². The Hall–Kier alpha value is -1.04. The van der Waals surface area contributed by atoms with E-state index in [4.69, 9.17) is 0 Å². The molecule has 0 unspecified atom stereocenters. The summed E-state index contributed by atoms with van der Waals surface area (Å²) in [5, 5.41) is 0. The standard InChI is InChI=1S/C9H9BrF2N2O/c1-14(5-8(11)12)9(15)6-2-3-13-7(10)4-6/h2-4,8H,5H2,1H3. The van der Waals surface area contributed by atoms with Crippen LogP contribution in [0.4, 0.5) is 8.78 Å². The van der Waals surface area contributed by atoms with E-state index in [9.17, 15) is 13.6 Å². The minimum absolute atomic E-state index is 0.333. The first-order valence-corrected chi connectivity index (χ1v) is 4.95. The van der Waals surface area contributed by atoms with Crippen LogP contribution in [0.25, 0.3) is 0 Å². The van der Waals surface area contributed by atoms with Crippen molar-refractivity contribution in [1.82, 2.24) is 9.88 Å². The molecule has 1 heterocycles. The second-order valence-electron chi connectivity index (χ2n) is 2.94. The van der Waals surface area contributed by atoms with E-state index in [1.54, 1.807) is 0 Å². The minimum Gasteiger partial charge on any atom is -0.336 e. The SMILES string of the molecule is CN(CC(F)F)C(=O)c1ccnc(Br)c1. The summed E-state index contributed by atoms with van der Waals surface area (Å²) >= 11 is 3.10. The third-order valence-corrected chi connectivity index (χ3v) is 2.17. The van der Waals surface area contributed by atoms with Crippen molar-refractivity contribution in [3.05, 3.63) is 28.5 Å². The van der Waals surface area contributed by atoms with Gasteiger partial charge in [0.05, 0.1) is 6.54 Å². The third-order valence-electron chi connectivity index (χ3n) is 1.73. The third kappa shape index (κ3) is 3.54. The molecule has 0 aliphatic carbocycles. The fourth-order valence-electron chi connectivity index (χ4n) is 1.05. The zero-order valence-corrected chi connectivity index (χ0v) is 9.54. The van der Waals surface area contributed by atoms with Gasteiger partial charge in [0.15, 0.2) is 0 Å². The highest BCUT2D eigenvalue weighted by molar-refractivity contribution is 9.10.